The van der Waals surface area contributed by atoms with E-state index in [2.05, 4.69) is 237 Å². The molecule has 0 unspecified atom stereocenters. The van der Waals surface area contributed by atoms with Crippen molar-refractivity contribution in [3.8, 4) is 67.7 Å². The monoisotopic (exact) mass is 854 g/mol. The Hall–Kier alpha value is -8.86. The summed E-state index contributed by atoms with van der Waals surface area (Å²) >= 11 is 0. The number of para-hydroxylation sites is 1. The molecule has 0 bridgehead atoms. The average molecular weight is 855 g/mol. The van der Waals surface area contributed by atoms with Gasteiger partial charge in [0.25, 0.3) is 0 Å². The minimum absolute atomic E-state index is 0.629. The van der Waals surface area contributed by atoms with Crippen molar-refractivity contribution in [2.45, 2.75) is 6.92 Å². The summed E-state index contributed by atoms with van der Waals surface area (Å²) in [4.78, 5) is 20.6. The van der Waals surface area contributed by atoms with Gasteiger partial charge in [-0.25, -0.2) is 19.9 Å². The minimum Gasteiger partial charge on any atom is -0.247 e. The Balaban J connectivity index is 0.921. The standard InChI is InChI=1S/C63H42N4/c1-2-3-4-19-51-39-55(40-57-59(51)56-20-11-12-21-58(56)64-60(57)52-33-28-41-13-5-8-16-48(41)36-52)46-24-22-44(23-25-46)45-26-31-47(32-27-45)61-65-62(53-34-29-42-14-6-9-17-49(42)37-53)67-63(66-61)54-35-30-43-15-7-10-18-50(43)38-54/h2-40H,1H3/b3-2-,19-4-. The van der Waals surface area contributed by atoms with Crippen molar-refractivity contribution in [1.29, 1.82) is 0 Å². The lowest BCUT2D eigenvalue weighted by Crippen LogP contribution is -2.00. The molecule has 314 valence electrons. The summed E-state index contributed by atoms with van der Waals surface area (Å²) in [6.07, 6.45) is 8.49. The first-order chi connectivity index (χ1) is 33.1. The molecule has 10 aromatic carbocycles. The van der Waals surface area contributed by atoms with E-state index >= 15 is 0 Å². The largest absolute Gasteiger partial charge is 0.247 e. The molecular formula is C63H42N4. The van der Waals surface area contributed by atoms with Crippen LogP contribution in [-0.4, -0.2) is 19.9 Å². The smallest absolute Gasteiger partial charge is 0.164 e. The van der Waals surface area contributed by atoms with E-state index in [-0.39, 0.29) is 0 Å². The van der Waals surface area contributed by atoms with E-state index in [4.69, 9.17) is 19.9 Å². The molecule has 2 heterocycles. The lowest BCUT2D eigenvalue weighted by Gasteiger charge is -2.15. The fourth-order valence-electron chi connectivity index (χ4n) is 9.33. The van der Waals surface area contributed by atoms with Gasteiger partial charge in [-0.15, -0.1) is 0 Å². The molecule has 0 fully saturated rings. The fraction of sp³-hybridized carbons (Fsp3) is 0.0159. The van der Waals surface area contributed by atoms with E-state index in [9.17, 15) is 0 Å². The van der Waals surface area contributed by atoms with Crippen LogP contribution >= 0.6 is 0 Å². The van der Waals surface area contributed by atoms with Gasteiger partial charge in [0.05, 0.1) is 11.2 Å². The summed E-state index contributed by atoms with van der Waals surface area (Å²) in [6, 6.07) is 75.3. The Morgan fingerprint density at radius 2 is 0.746 bits per heavy atom. The number of aromatic nitrogens is 4. The highest BCUT2D eigenvalue weighted by molar-refractivity contribution is 6.15. The third-order valence-corrected chi connectivity index (χ3v) is 12.8. The number of hydrogen-bond donors (Lipinski definition) is 0. The van der Waals surface area contributed by atoms with E-state index in [1.807, 2.05) is 6.92 Å². The highest BCUT2D eigenvalue weighted by atomic mass is 15.0. The van der Waals surface area contributed by atoms with Gasteiger partial charge in [-0.2, -0.15) is 0 Å². The second-order valence-corrected chi connectivity index (χ2v) is 17.0. The number of fused-ring (bicyclic) bond motifs is 6. The molecule has 0 spiro atoms. The maximum absolute atomic E-state index is 5.35. The van der Waals surface area contributed by atoms with Gasteiger partial charge >= 0.3 is 0 Å². The molecule has 0 amide bonds. The van der Waals surface area contributed by atoms with Crippen molar-refractivity contribution < 1.29 is 0 Å². The molecule has 0 aliphatic rings. The zero-order valence-electron chi connectivity index (χ0n) is 36.8. The summed E-state index contributed by atoms with van der Waals surface area (Å²) < 4.78 is 0. The molecule has 4 heteroatoms. The SMILES string of the molecule is C/C=C\C=C/c1cc(-c2ccc(-c3ccc(-c4nc(-c5ccc6ccccc6c5)nc(-c5ccc6ccccc6c5)n4)cc3)cc2)cc2c(-c3ccc4ccccc4c3)nc3ccccc3c12. The molecule has 2 aromatic heterocycles. The van der Waals surface area contributed by atoms with Gasteiger partial charge in [-0.3, -0.25) is 0 Å². The van der Waals surface area contributed by atoms with Crippen molar-refractivity contribution in [3.63, 3.8) is 0 Å². The maximum Gasteiger partial charge on any atom is 0.164 e. The van der Waals surface area contributed by atoms with E-state index in [0.29, 0.717) is 17.5 Å². The number of pyridine rings is 1. The van der Waals surface area contributed by atoms with Crippen LogP contribution in [0.25, 0.3) is 128 Å². The normalized spacial score (nSPS) is 11.8. The number of rotatable bonds is 8. The summed E-state index contributed by atoms with van der Waals surface area (Å²) in [7, 11) is 0. The van der Waals surface area contributed by atoms with Crippen LogP contribution in [-0.2, 0) is 0 Å². The van der Waals surface area contributed by atoms with E-state index in [1.54, 1.807) is 0 Å². The molecule has 0 radical (unpaired) electrons. The zero-order chi connectivity index (χ0) is 44.7. The molecule has 12 aromatic rings. The van der Waals surface area contributed by atoms with Gasteiger partial charge in [0, 0.05) is 38.4 Å². The molecule has 12 rings (SSSR count). The van der Waals surface area contributed by atoms with Crippen molar-refractivity contribution in [2.75, 3.05) is 0 Å². The van der Waals surface area contributed by atoms with Crippen LogP contribution < -0.4 is 0 Å². The first-order valence-electron chi connectivity index (χ1n) is 22.7. The third-order valence-electron chi connectivity index (χ3n) is 12.8. The third kappa shape index (κ3) is 7.61. The lowest BCUT2D eigenvalue weighted by molar-refractivity contribution is 1.08. The highest BCUT2D eigenvalue weighted by Gasteiger charge is 2.17. The molecule has 0 aliphatic carbocycles. The van der Waals surface area contributed by atoms with Gasteiger partial charge in [0.2, 0.25) is 0 Å². The number of allylic oxidation sites excluding steroid dienone is 3. The predicted octanol–water partition coefficient (Wildman–Crippen LogP) is 16.6. The van der Waals surface area contributed by atoms with Crippen molar-refractivity contribution >= 4 is 60.1 Å². The highest BCUT2D eigenvalue weighted by Crippen LogP contribution is 2.40. The Morgan fingerprint density at radius 1 is 0.313 bits per heavy atom. The molecule has 0 saturated heterocycles. The Bertz CT molecular complexity index is 3820. The number of hydrogen-bond acceptors (Lipinski definition) is 4. The van der Waals surface area contributed by atoms with Gasteiger partial charge in [-0.1, -0.05) is 200 Å². The van der Waals surface area contributed by atoms with Gasteiger partial charge in [-0.05, 0) is 103 Å². The second-order valence-electron chi connectivity index (χ2n) is 17.0. The Labute approximate surface area is 389 Å². The summed E-state index contributed by atoms with van der Waals surface area (Å²) in [5, 5.41) is 10.5. The molecule has 0 saturated carbocycles. The zero-order valence-corrected chi connectivity index (χ0v) is 36.8. The fourth-order valence-corrected chi connectivity index (χ4v) is 9.33. The topological polar surface area (TPSA) is 51.6 Å². The molecule has 0 aliphatic heterocycles. The van der Waals surface area contributed by atoms with Crippen LogP contribution in [0.2, 0.25) is 0 Å². The number of nitrogens with zero attached hydrogens (tertiary/aromatic N) is 4. The van der Waals surface area contributed by atoms with Crippen molar-refractivity contribution in [3.05, 3.63) is 236 Å². The molecule has 67 heavy (non-hydrogen) atoms. The van der Waals surface area contributed by atoms with Crippen LogP contribution in [0, 0.1) is 0 Å². The summed E-state index contributed by atoms with van der Waals surface area (Å²) in [5.41, 5.74) is 11.5. The van der Waals surface area contributed by atoms with Gasteiger partial charge in [0.1, 0.15) is 0 Å². The molecule has 4 nitrogen and oxygen atoms in total. The Kier molecular flexibility index (Phi) is 10.0. The summed E-state index contributed by atoms with van der Waals surface area (Å²) in [5.74, 6) is 1.91. The quantitative estimate of drug-likeness (QED) is 0.113. The first-order valence-corrected chi connectivity index (χ1v) is 22.7. The van der Waals surface area contributed by atoms with E-state index in [0.717, 1.165) is 82.8 Å². The van der Waals surface area contributed by atoms with Crippen molar-refractivity contribution in [1.82, 2.24) is 19.9 Å². The van der Waals surface area contributed by atoms with E-state index < -0.39 is 0 Å². The van der Waals surface area contributed by atoms with E-state index in [1.165, 1.54) is 26.9 Å². The summed E-state index contributed by atoms with van der Waals surface area (Å²) in [6.45, 7) is 2.05. The van der Waals surface area contributed by atoms with Crippen LogP contribution in [0.4, 0.5) is 0 Å². The van der Waals surface area contributed by atoms with Crippen LogP contribution in [0.3, 0.4) is 0 Å². The predicted molar refractivity (Wildman–Crippen MR) is 282 cm³/mol. The average Bonchev–Trinajstić information content (AvgIpc) is 3.40. The molecular weight excluding hydrogens is 813 g/mol. The van der Waals surface area contributed by atoms with Crippen molar-refractivity contribution in [2.24, 2.45) is 0 Å². The van der Waals surface area contributed by atoms with Crippen LogP contribution in [0.15, 0.2) is 231 Å². The van der Waals surface area contributed by atoms with Gasteiger partial charge < -0.3 is 0 Å². The van der Waals surface area contributed by atoms with Gasteiger partial charge in [0.15, 0.2) is 17.5 Å². The lowest BCUT2D eigenvalue weighted by atomic mass is 9.91. The molecule has 0 N–H and O–H groups in total. The molecule has 0 atom stereocenters. The second kappa shape index (κ2) is 16.9. The minimum atomic E-state index is 0.629. The number of benzene rings is 10. The first kappa shape index (κ1) is 39.7. The van der Waals surface area contributed by atoms with Crippen LogP contribution in [0.1, 0.15) is 12.5 Å². The van der Waals surface area contributed by atoms with Crippen LogP contribution in [0.5, 0.6) is 0 Å². The Morgan fingerprint density at radius 3 is 1.30 bits per heavy atom. The maximum atomic E-state index is 5.35.